The molecule has 0 unspecified atom stereocenters. The number of benzene rings is 1. The van der Waals surface area contributed by atoms with E-state index in [9.17, 15) is 18.0 Å². The molecular formula is C13H16ClF3N2O. The van der Waals surface area contributed by atoms with E-state index < -0.39 is 17.8 Å². The van der Waals surface area contributed by atoms with Gasteiger partial charge in [0, 0.05) is 13.6 Å². The summed E-state index contributed by atoms with van der Waals surface area (Å²) >= 11 is 5.80. The third-order valence-electron chi connectivity index (χ3n) is 2.73. The molecule has 0 aliphatic heterocycles. The summed E-state index contributed by atoms with van der Waals surface area (Å²) in [5.74, 6) is 0. The maximum Gasteiger partial charge on any atom is 0.416 e. The Morgan fingerprint density at radius 3 is 2.60 bits per heavy atom. The van der Waals surface area contributed by atoms with Crippen LogP contribution >= 0.6 is 11.6 Å². The minimum atomic E-state index is -4.47. The lowest BCUT2D eigenvalue weighted by Crippen LogP contribution is -2.32. The zero-order chi connectivity index (χ0) is 15.3. The molecule has 0 aromatic heterocycles. The van der Waals surface area contributed by atoms with E-state index in [4.69, 9.17) is 11.6 Å². The fourth-order valence-electron chi connectivity index (χ4n) is 1.50. The lowest BCUT2D eigenvalue weighted by molar-refractivity contribution is -0.137. The SMILES string of the molecule is CCCCN(C)C(=O)Nc1cc(C(F)(F)F)ccc1Cl. The van der Waals surface area contributed by atoms with Crippen LogP contribution in [0.15, 0.2) is 18.2 Å². The Morgan fingerprint density at radius 1 is 1.40 bits per heavy atom. The van der Waals surface area contributed by atoms with Gasteiger partial charge in [0.2, 0.25) is 0 Å². The van der Waals surface area contributed by atoms with Crippen LogP contribution in [0.1, 0.15) is 25.3 Å². The standard InChI is InChI=1S/C13H16ClF3N2O/c1-3-4-7-19(2)12(20)18-11-8-9(13(15,16)17)5-6-10(11)14/h5-6,8H,3-4,7H2,1-2H3,(H,18,20). The molecule has 1 aromatic carbocycles. The van der Waals surface area contributed by atoms with Gasteiger partial charge in [-0.2, -0.15) is 13.2 Å². The number of unbranched alkanes of at least 4 members (excludes halogenated alkanes) is 1. The minimum absolute atomic E-state index is 0.0464. The van der Waals surface area contributed by atoms with Crippen molar-refractivity contribution in [2.24, 2.45) is 0 Å². The molecule has 0 atom stereocenters. The first-order valence-corrected chi connectivity index (χ1v) is 6.52. The molecule has 1 N–H and O–H groups in total. The molecule has 2 amide bonds. The number of hydrogen-bond donors (Lipinski definition) is 1. The third kappa shape index (κ3) is 4.59. The number of alkyl halides is 3. The summed E-state index contributed by atoms with van der Waals surface area (Å²) in [6.45, 7) is 2.51. The van der Waals surface area contributed by atoms with Crippen LogP contribution < -0.4 is 5.32 Å². The van der Waals surface area contributed by atoms with Gasteiger partial charge in [0.15, 0.2) is 0 Å². The van der Waals surface area contributed by atoms with E-state index in [1.807, 2.05) is 6.92 Å². The van der Waals surface area contributed by atoms with Crippen LogP contribution in [0.4, 0.5) is 23.7 Å². The molecule has 0 spiro atoms. The first kappa shape index (κ1) is 16.6. The molecule has 0 saturated heterocycles. The van der Waals surface area contributed by atoms with Crippen molar-refractivity contribution in [1.29, 1.82) is 0 Å². The number of halogens is 4. The minimum Gasteiger partial charge on any atom is -0.328 e. The first-order chi connectivity index (χ1) is 9.25. The molecule has 7 heteroatoms. The Balaban J connectivity index is 2.84. The maximum absolute atomic E-state index is 12.6. The molecule has 3 nitrogen and oxygen atoms in total. The number of carbonyl (C=O) groups excluding carboxylic acids is 1. The van der Waals surface area contributed by atoms with Crippen LogP contribution in [0.5, 0.6) is 0 Å². The number of nitrogens with zero attached hydrogens (tertiary/aromatic N) is 1. The summed E-state index contributed by atoms with van der Waals surface area (Å²) in [6.07, 6.45) is -2.74. The summed E-state index contributed by atoms with van der Waals surface area (Å²) in [6, 6.07) is 2.33. The molecule has 1 rings (SSSR count). The molecule has 0 radical (unpaired) electrons. The van der Waals surface area contributed by atoms with Crippen LogP contribution in [-0.4, -0.2) is 24.5 Å². The number of amides is 2. The van der Waals surface area contributed by atoms with Crippen LogP contribution in [0.25, 0.3) is 0 Å². The zero-order valence-corrected chi connectivity index (χ0v) is 12.0. The van der Waals surface area contributed by atoms with Crippen LogP contribution in [0.3, 0.4) is 0 Å². The normalized spacial score (nSPS) is 11.3. The van der Waals surface area contributed by atoms with Gasteiger partial charge in [-0.25, -0.2) is 4.79 Å². The Kier molecular flexibility index (Phi) is 5.68. The highest BCUT2D eigenvalue weighted by molar-refractivity contribution is 6.33. The summed E-state index contributed by atoms with van der Waals surface area (Å²) in [7, 11) is 1.58. The van der Waals surface area contributed by atoms with E-state index in [1.165, 1.54) is 4.90 Å². The predicted octanol–water partition coefficient (Wildman–Crippen LogP) is 4.62. The van der Waals surface area contributed by atoms with Gasteiger partial charge in [-0.15, -0.1) is 0 Å². The zero-order valence-electron chi connectivity index (χ0n) is 11.2. The Labute approximate surface area is 120 Å². The van der Waals surface area contributed by atoms with Gasteiger partial charge >= 0.3 is 12.2 Å². The number of hydrogen-bond acceptors (Lipinski definition) is 1. The lowest BCUT2D eigenvalue weighted by atomic mass is 10.2. The van der Waals surface area contributed by atoms with Crippen LogP contribution in [0.2, 0.25) is 5.02 Å². The molecule has 20 heavy (non-hydrogen) atoms. The summed E-state index contributed by atoms with van der Waals surface area (Å²) in [5.41, 5.74) is -0.900. The van der Waals surface area contributed by atoms with Crippen molar-refractivity contribution in [2.45, 2.75) is 25.9 Å². The van der Waals surface area contributed by atoms with Gasteiger partial charge in [-0.05, 0) is 24.6 Å². The van der Waals surface area contributed by atoms with Gasteiger partial charge in [0.05, 0.1) is 16.3 Å². The highest BCUT2D eigenvalue weighted by atomic mass is 35.5. The van der Waals surface area contributed by atoms with Gasteiger partial charge in [-0.1, -0.05) is 24.9 Å². The van der Waals surface area contributed by atoms with Crippen molar-refractivity contribution in [1.82, 2.24) is 4.90 Å². The quantitative estimate of drug-likeness (QED) is 0.864. The van der Waals surface area contributed by atoms with Crippen molar-refractivity contribution in [3.8, 4) is 0 Å². The molecule has 0 aliphatic rings. The average Bonchev–Trinajstić information content (AvgIpc) is 2.37. The van der Waals surface area contributed by atoms with E-state index in [2.05, 4.69) is 5.32 Å². The van der Waals surface area contributed by atoms with Gasteiger partial charge < -0.3 is 10.2 Å². The second-order valence-electron chi connectivity index (χ2n) is 4.40. The highest BCUT2D eigenvalue weighted by Gasteiger charge is 2.31. The van der Waals surface area contributed by atoms with Crippen molar-refractivity contribution in [3.63, 3.8) is 0 Å². The van der Waals surface area contributed by atoms with Gasteiger partial charge in [-0.3, -0.25) is 0 Å². The fourth-order valence-corrected chi connectivity index (χ4v) is 1.67. The summed E-state index contributed by atoms with van der Waals surface area (Å²) in [4.78, 5) is 13.2. The summed E-state index contributed by atoms with van der Waals surface area (Å²) in [5, 5.41) is 2.45. The highest BCUT2D eigenvalue weighted by Crippen LogP contribution is 2.33. The monoisotopic (exact) mass is 308 g/mol. The summed E-state index contributed by atoms with van der Waals surface area (Å²) < 4.78 is 37.8. The molecule has 112 valence electrons. The second-order valence-corrected chi connectivity index (χ2v) is 4.80. The second kappa shape index (κ2) is 6.83. The van der Waals surface area contributed by atoms with E-state index >= 15 is 0 Å². The van der Waals surface area contributed by atoms with E-state index in [0.717, 1.165) is 31.0 Å². The number of nitrogens with one attached hydrogen (secondary N) is 1. The maximum atomic E-state index is 12.6. The first-order valence-electron chi connectivity index (χ1n) is 6.14. The van der Waals surface area contributed by atoms with E-state index in [0.29, 0.717) is 6.54 Å². The van der Waals surface area contributed by atoms with Crippen LogP contribution in [0, 0.1) is 0 Å². The van der Waals surface area contributed by atoms with Crippen molar-refractivity contribution < 1.29 is 18.0 Å². The lowest BCUT2D eigenvalue weighted by Gasteiger charge is -2.18. The number of anilines is 1. The molecule has 0 heterocycles. The largest absolute Gasteiger partial charge is 0.416 e. The molecular weight excluding hydrogens is 293 g/mol. The molecule has 0 fully saturated rings. The van der Waals surface area contributed by atoms with E-state index in [-0.39, 0.29) is 10.7 Å². The van der Waals surface area contributed by atoms with Crippen molar-refractivity contribution in [3.05, 3.63) is 28.8 Å². The van der Waals surface area contributed by atoms with E-state index in [1.54, 1.807) is 7.05 Å². The molecule has 1 aromatic rings. The number of carbonyl (C=O) groups is 1. The van der Waals surface area contributed by atoms with Crippen LogP contribution in [-0.2, 0) is 6.18 Å². The Hall–Kier alpha value is -1.43. The Morgan fingerprint density at radius 2 is 2.05 bits per heavy atom. The van der Waals surface area contributed by atoms with Gasteiger partial charge in [0.25, 0.3) is 0 Å². The smallest absolute Gasteiger partial charge is 0.328 e. The number of urea groups is 1. The topological polar surface area (TPSA) is 32.3 Å². The van der Waals surface area contributed by atoms with Crippen molar-refractivity contribution in [2.75, 3.05) is 18.9 Å². The molecule has 0 aliphatic carbocycles. The molecule has 0 bridgehead atoms. The predicted molar refractivity (Wildman–Crippen MR) is 73.0 cm³/mol. The average molecular weight is 309 g/mol. The molecule has 0 saturated carbocycles. The number of rotatable bonds is 4. The third-order valence-corrected chi connectivity index (χ3v) is 3.06. The van der Waals surface area contributed by atoms with Gasteiger partial charge in [0.1, 0.15) is 0 Å². The fraction of sp³-hybridized carbons (Fsp3) is 0.462. The van der Waals surface area contributed by atoms with Crippen molar-refractivity contribution >= 4 is 23.3 Å². The Bertz CT molecular complexity index is 477.